The third-order valence-corrected chi connectivity index (χ3v) is 4.09. The summed E-state index contributed by atoms with van der Waals surface area (Å²) in [4.78, 5) is 11.0. The minimum atomic E-state index is -0.385. The third kappa shape index (κ3) is 4.71. The van der Waals surface area contributed by atoms with E-state index in [-0.39, 0.29) is 12.5 Å². The second-order valence-corrected chi connectivity index (χ2v) is 6.07. The van der Waals surface area contributed by atoms with Crippen molar-refractivity contribution in [1.29, 1.82) is 0 Å². The minimum Gasteiger partial charge on any atom is -0.489 e. The summed E-state index contributed by atoms with van der Waals surface area (Å²) in [5.74, 6) is 0.359. The number of carbonyl (C=O) groups excluding carboxylic acids is 1. The predicted molar refractivity (Wildman–Crippen MR) is 101 cm³/mol. The van der Waals surface area contributed by atoms with Crippen LogP contribution >= 0.6 is 0 Å². The molecule has 0 spiro atoms. The Labute approximate surface area is 153 Å². The van der Waals surface area contributed by atoms with Crippen molar-refractivity contribution in [1.82, 2.24) is 5.06 Å². The summed E-state index contributed by atoms with van der Waals surface area (Å²) in [5.41, 5.74) is 4.30. The van der Waals surface area contributed by atoms with Gasteiger partial charge in [0.2, 0.25) is 5.91 Å². The summed E-state index contributed by atoms with van der Waals surface area (Å²) in [6.07, 6.45) is 0. The van der Waals surface area contributed by atoms with Crippen LogP contribution in [0.5, 0.6) is 5.75 Å². The number of hydroxylamine groups is 2. The maximum atomic E-state index is 11.0. The lowest BCUT2D eigenvalue weighted by Crippen LogP contribution is -2.23. The molecule has 4 nitrogen and oxygen atoms in total. The molecule has 0 aromatic heterocycles. The normalized spacial score (nSPS) is 10.4. The molecule has 0 aliphatic heterocycles. The van der Waals surface area contributed by atoms with Crippen molar-refractivity contribution in [2.75, 3.05) is 0 Å². The molecule has 1 N–H and O–H groups in total. The zero-order chi connectivity index (χ0) is 18.4. The van der Waals surface area contributed by atoms with E-state index in [4.69, 9.17) is 4.74 Å². The van der Waals surface area contributed by atoms with Gasteiger partial charge in [0.25, 0.3) is 0 Å². The van der Waals surface area contributed by atoms with E-state index in [0.717, 1.165) is 16.9 Å². The van der Waals surface area contributed by atoms with Gasteiger partial charge < -0.3 is 4.74 Å². The molecule has 4 heteroatoms. The van der Waals surface area contributed by atoms with E-state index < -0.39 is 0 Å². The number of carbonyl (C=O) groups is 1. The molecule has 0 saturated carbocycles. The van der Waals surface area contributed by atoms with Gasteiger partial charge in [-0.05, 0) is 34.4 Å². The summed E-state index contributed by atoms with van der Waals surface area (Å²) in [5, 5.41) is 10.1. The lowest BCUT2D eigenvalue weighted by atomic mass is 10.0. The van der Waals surface area contributed by atoms with Crippen molar-refractivity contribution in [2.24, 2.45) is 0 Å². The minimum absolute atomic E-state index is 0.163. The quantitative estimate of drug-likeness (QED) is 0.521. The van der Waals surface area contributed by atoms with Crippen molar-refractivity contribution >= 4 is 5.91 Å². The first-order chi connectivity index (χ1) is 12.6. The Hall–Kier alpha value is -3.11. The average molecular weight is 347 g/mol. The fourth-order valence-electron chi connectivity index (χ4n) is 2.57. The van der Waals surface area contributed by atoms with Crippen molar-refractivity contribution in [3.63, 3.8) is 0 Å². The van der Waals surface area contributed by atoms with Gasteiger partial charge in [0, 0.05) is 6.92 Å². The molecule has 3 aromatic carbocycles. The molecule has 0 bridgehead atoms. The Kier molecular flexibility index (Phi) is 5.66. The molecule has 0 unspecified atom stereocenters. The Bertz CT molecular complexity index is 843. The maximum absolute atomic E-state index is 11.0. The lowest BCUT2D eigenvalue weighted by Gasteiger charge is -2.13. The van der Waals surface area contributed by atoms with Gasteiger partial charge in [0.15, 0.2) is 0 Å². The van der Waals surface area contributed by atoms with Crippen LogP contribution in [0.1, 0.15) is 18.1 Å². The van der Waals surface area contributed by atoms with E-state index in [1.165, 1.54) is 18.1 Å². The Balaban J connectivity index is 1.56. The molecule has 0 radical (unpaired) electrons. The van der Waals surface area contributed by atoms with Crippen LogP contribution in [0.4, 0.5) is 0 Å². The second-order valence-electron chi connectivity index (χ2n) is 6.07. The van der Waals surface area contributed by atoms with Crippen LogP contribution in [-0.2, 0) is 17.9 Å². The van der Waals surface area contributed by atoms with Gasteiger partial charge in [-0.1, -0.05) is 66.7 Å². The topological polar surface area (TPSA) is 49.8 Å². The number of hydrogen-bond acceptors (Lipinski definition) is 3. The first-order valence-electron chi connectivity index (χ1n) is 8.45. The Morgan fingerprint density at radius 2 is 1.42 bits per heavy atom. The number of benzene rings is 3. The standard InChI is InChI=1S/C22H21NO3/c1-17(24)23(25)15-18-9-13-22(14-10-18)26-16-19-7-11-21(12-8-19)20-5-3-2-4-6-20/h2-14,25H,15-16H2,1H3. The SMILES string of the molecule is CC(=O)N(O)Cc1ccc(OCc2ccc(-c3ccccc3)cc2)cc1. The average Bonchev–Trinajstić information content (AvgIpc) is 2.68. The summed E-state index contributed by atoms with van der Waals surface area (Å²) in [6, 6.07) is 25.9. The molecule has 0 atom stereocenters. The van der Waals surface area contributed by atoms with E-state index >= 15 is 0 Å². The molecule has 0 aliphatic carbocycles. The molecule has 3 aromatic rings. The monoisotopic (exact) mass is 347 g/mol. The molecule has 0 fully saturated rings. The third-order valence-electron chi connectivity index (χ3n) is 4.09. The number of amides is 1. The largest absolute Gasteiger partial charge is 0.489 e. The molecule has 1 amide bonds. The van der Waals surface area contributed by atoms with Crippen LogP contribution in [0.2, 0.25) is 0 Å². The van der Waals surface area contributed by atoms with Crippen LogP contribution in [-0.4, -0.2) is 16.2 Å². The van der Waals surface area contributed by atoms with Gasteiger partial charge in [0.1, 0.15) is 12.4 Å². The second kappa shape index (κ2) is 8.32. The first kappa shape index (κ1) is 17.7. The number of nitrogens with zero attached hydrogens (tertiary/aromatic N) is 1. The number of hydrogen-bond donors (Lipinski definition) is 1. The van der Waals surface area contributed by atoms with Crippen molar-refractivity contribution in [2.45, 2.75) is 20.1 Å². The van der Waals surface area contributed by atoms with E-state index in [2.05, 4.69) is 36.4 Å². The Morgan fingerprint density at radius 3 is 2.04 bits per heavy atom. The van der Waals surface area contributed by atoms with Crippen molar-refractivity contribution < 1.29 is 14.7 Å². The Morgan fingerprint density at radius 1 is 0.846 bits per heavy atom. The molecule has 132 valence electrons. The summed E-state index contributed by atoms with van der Waals surface area (Å²) >= 11 is 0. The molecule has 3 rings (SSSR count). The van der Waals surface area contributed by atoms with E-state index in [0.29, 0.717) is 11.7 Å². The molecule has 26 heavy (non-hydrogen) atoms. The molecular formula is C22H21NO3. The van der Waals surface area contributed by atoms with Gasteiger partial charge in [0.05, 0.1) is 6.54 Å². The summed E-state index contributed by atoms with van der Waals surface area (Å²) in [6.45, 7) is 1.96. The fraction of sp³-hybridized carbons (Fsp3) is 0.136. The molecule has 0 heterocycles. The van der Waals surface area contributed by atoms with E-state index in [1.807, 2.05) is 42.5 Å². The van der Waals surface area contributed by atoms with Gasteiger partial charge in [-0.25, -0.2) is 5.06 Å². The van der Waals surface area contributed by atoms with Crippen LogP contribution < -0.4 is 4.74 Å². The number of ether oxygens (including phenoxy) is 1. The highest BCUT2D eigenvalue weighted by molar-refractivity contribution is 5.71. The summed E-state index contributed by atoms with van der Waals surface area (Å²) < 4.78 is 5.80. The van der Waals surface area contributed by atoms with Gasteiger partial charge in [-0.2, -0.15) is 0 Å². The number of rotatable bonds is 6. The van der Waals surface area contributed by atoms with E-state index in [1.54, 1.807) is 0 Å². The van der Waals surface area contributed by atoms with Gasteiger partial charge in [-0.15, -0.1) is 0 Å². The summed E-state index contributed by atoms with van der Waals surface area (Å²) in [7, 11) is 0. The molecule has 0 saturated heterocycles. The van der Waals surface area contributed by atoms with Crippen LogP contribution in [0.25, 0.3) is 11.1 Å². The lowest BCUT2D eigenvalue weighted by molar-refractivity contribution is -0.165. The predicted octanol–water partition coefficient (Wildman–Crippen LogP) is 4.67. The highest BCUT2D eigenvalue weighted by Gasteiger charge is 2.05. The molecular weight excluding hydrogens is 326 g/mol. The highest BCUT2D eigenvalue weighted by Crippen LogP contribution is 2.20. The zero-order valence-electron chi connectivity index (χ0n) is 14.6. The van der Waals surface area contributed by atoms with E-state index in [9.17, 15) is 10.0 Å². The fourth-order valence-corrected chi connectivity index (χ4v) is 2.57. The van der Waals surface area contributed by atoms with Crippen molar-refractivity contribution in [3.05, 3.63) is 90.0 Å². The van der Waals surface area contributed by atoms with Gasteiger partial charge in [-0.3, -0.25) is 10.0 Å². The molecule has 0 aliphatic rings. The maximum Gasteiger partial charge on any atom is 0.243 e. The van der Waals surface area contributed by atoms with Gasteiger partial charge >= 0.3 is 0 Å². The van der Waals surface area contributed by atoms with Crippen LogP contribution in [0.15, 0.2) is 78.9 Å². The zero-order valence-corrected chi connectivity index (χ0v) is 14.6. The van der Waals surface area contributed by atoms with Crippen molar-refractivity contribution in [3.8, 4) is 16.9 Å². The van der Waals surface area contributed by atoms with Crippen LogP contribution in [0, 0.1) is 0 Å². The highest BCUT2D eigenvalue weighted by atomic mass is 16.5. The smallest absolute Gasteiger partial charge is 0.243 e. The first-order valence-corrected chi connectivity index (χ1v) is 8.45. The van der Waals surface area contributed by atoms with Crippen LogP contribution in [0.3, 0.4) is 0 Å².